The molecule has 0 aliphatic carbocycles. The first-order valence-corrected chi connectivity index (χ1v) is 11.7. The smallest absolute Gasteiger partial charge is 0.331 e. The zero-order valence-electron chi connectivity index (χ0n) is 20.6. The number of nitrogens with zero attached hydrogens (tertiary/aromatic N) is 2. The van der Waals surface area contributed by atoms with Crippen LogP contribution in [0.2, 0.25) is 0 Å². The molecule has 1 unspecified atom stereocenters. The van der Waals surface area contributed by atoms with Gasteiger partial charge in [0, 0.05) is 18.7 Å². The summed E-state index contributed by atoms with van der Waals surface area (Å²) in [5.74, 6) is -1.27. The van der Waals surface area contributed by atoms with Crippen LogP contribution in [0.1, 0.15) is 74.1 Å². The van der Waals surface area contributed by atoms with Crippen LogP contribution in [0.15, 0.2) is 11.6 Å². The Morgan fingerprint density at radius 1 is 1.16 bits per heavy atom. The second-order valence-electron chi connectivity index (χ2n) is 9.55. The van der Waals surface area contributed by atoms with Crippen molar-refractivity contribution in [1.29, 1.82) is 0 Å². The van der Waals surface area contributed by atoms with Gasteiger partial charge in [-0.15, -0.1) is 0 Å². The van der Waals surface area contributed by atoms with E-state index in [0.29, 0.717) is 0 Å². The monoisotopic (exact) mass is 437 g/mol. The molecule has 0 aromatic heterocycles. The number of nitrogens with one attached hydrogen (secondary N) is 1. The third-order valence-electron chi connectivity index (χ3n) is 6.52. The van der Waals surface area contributed by atoms with Gasteiger partial charge in [-0.05, 0) is 52.0 Å². The van der Waals surface area contributed by atoms with E-state index < -0.39 is 12.0 Å². The van der Waals surface area contributed by atoms with Crippen molar-refractivity contribution in [2.24, 2.45) is 11.8 Å². The molecule has 178 valence electrons. The molecule has 1 fully saturated rings. The van der Waals surface area contributed by atoms with Crippen LogP contribution in [0, 0.1) is 11.8 Å². The molecule has 1 aliphatic heterocycles. The fourth-order valence-corrected chi connectivity index (χ4v) is 4.21. The number of carboxylic acids is 1. The largest absolute Gasteiger partial charge is 0.478 e. The zero-order chi connectivity index (χ0) is 23.9. The minimum Gasteiger partial charge on any atom is -0.478 e. The lowest BCUT2D eigenvalue weighted by Gasteiger charge is -2.39. The number of hydrogen-bond donors (Lipinski definition) is 2. The minimum absolute atomic E-state index is 0.0848. The average molecular weight is 438 g/mol. The highest BCUT2D eigenvalue weighted by molar-refractivity contribution is 5.90. The zero-order valence-corrected chi connectivity index (χ0v) is 20.6. The number of likely N-dealkylation sites (tertiary alicyclic amines) is 1. The molecule has 7 nitrogen and oxygen atoms in total. The second kappa shape index (κ2) is 12.2. The quantitative estimate of drug-likeness (QED) is 0.512. The van der Waals surface area contributed by atoms with Crippen LogP contribution in [0.3, 0.4) is 0 Å². The Labute approximate surface area is 188 Å². The summed E-state index contributed by atoms with van der Waals surface area (Å²) >= 11 is 0. The van der Waals surface area contributed by atoms with Gasteiger partial charge in [-0.2, -0.15) is 0 Å². The summed E-state index contributed by atoms with van der Waals surface area (Å²) < 4.78 is 0. The lowest BCUT2D eigenvalue weighted by Crippen LogP contribution is -2.58. The van der Waals surface area contributed by atoms with E-state index in [2.05, 4.69) is 24.1 Å². The average Bonchev–Trinajstić information content (AvgIpc) is 2.73. The van der Waals surface area contributed by atoms with E-state index in [9.17, 15) is 19.5 Å². The fraction of sp³-hybridized carbons (Fsp3) is 0.792. The molecule has 31 heavy (non-hydrogen) atoms. The highest BCUT2D eigenvalue weighted by atomic mass is 16.4. The van der Waals surface area contributed by atoms with Crippen molar-refractivity contribution < 1.29 is 19.5 Å². The summed E-state index contributed by atoms with van der Waals surface area (Å²) in [4.78, 5) is 41.8. The molecule has 4 atom stereocenters. The topological polar surface area (TPSA) is 90.0 Å². The van der Waals surface area contributed by atoms with Gasteiger partial charge in [0.25, 0.3) is 0 Å². The van der Waals surface area contributed by atoms with Gasteiger partial charge < -0.3 is 15.3 Å². The first kappa shape index (κ1) is 27.1. The van der Waals surface area contributed by atoms with E-state index in [1.54, 1.807) is 24.9 Å². The Kier molecular flexibility index (Phi) is 10.7. The molecule has 1 aliphatic rings. The highest BCUT2D eigenvalue weighted by Gasteiger charge is 2.36. The molecule has 0 bridgehead atoms. The molecule has 1 saturated heterocycles. The number of carbonyl (C=O) groups is 3. The number of aliphatic carboxylic acids is 1. The van der Waals surface area contributed by atoms with E-state index >= 15 is 0 Å². The molecule has 7 heteroatoms. The summed E-state index contributed by atoms with van der Waals surface area (Å²) in [7, 11) is 1.70. The van der Waals surface area contributed by atoms with Crippen molar-refractivity contribution in [2.45, 2.75) is 98.3 Å². The van der Waals surface area contributed by atoms with E-state index in [1.807, 2.05) is 27.7 Å². The summed E-state index contributed by atoms with van der Waals surface area (Å²) in [6, 6.07) is -0.953. The van der Waals surface area contributed by atoms with Crippen LogP contribution in [0.5, 0.6) is 0 Å². The Morgan fingerprint density at radius 2 is 1.77 bits per heavy atom. The van der Waals surface area contributed by atoms with Crippen LogP contribution >= 0.6 is 0 Å². The number of piperidine rings is 1. The van der Waals surface area contributed by atoms with Gasteiger partial charge in [0.2, 0.25) is 11.8 Å². The predicted octanol–water partition coefficient (Wildman–Crippen LogP) is 3.29. The molecule has 0 aromatic rings. The Balaban J connectivity index is 3.09. The van der Waals surface area contributed by atoms with Crippen molar-refractivity contribution in [3.63, 3.8) is 0 Å². The van der Waals surface area contributed by atoms with Gasteiger partial charge in [0.05, 0.1) is 12.1 Å². The molecular weight excluding hydrogens is 394 g/mol. The lowest BCUT2D eigenvalue weighted by molar-refractivity contribution is -0.140. The van der Waals surface area contributed by atoms with Crippen molar-refractivity contribution >= 4 is 17.8 Å². The van der Waals surface area contributed by atoms with Crippen molar-refractivity contribution in [2.75, 3.05) is 13.6 Å². The summed E-state index contributed by atoms with van der Waals surface area (Å²) in [6.45, 7) is 14.5. The maximum atomic E-state index is 13.5. The molecule has 2 N–H and O–H groups in total. The number of amides is 2. The van der Waals surface area contributed by atoms with Crippen LogP contribution in [-0.4, -0.2) is 70.4 Å². The fourth-order valence-electron chi connectivity index (χ4n) is 4.21. The van der Waals surface area contributed by atoms with Crippen molar-refractivity contribution in [3.05, 3.63) is 11.6 Å². The highest BCUT2D eigenvalue weighted by Crippen LogP contribution is 2.22. The van der Waals surface area contributed by atoms with Gasteiger partial charge >= 0.3 is 5.97 Å². The van der Waals surface area contributed by atoms with Crippen LogP contribution in [-0.2, 0) is 14.4 Å². The number of hydrogen-bond acceptors (Lipinski definition) is 4. The second-order valence-corrected chi connectivity index (χ2v) is 9.55. The normalized spacial score (nSPS) is 21.0. The Hall–Kier alpha value is -1.89. The summed E-state index contributed by atoms with van der Waals surface area (Å²) in [5, 5.41) is 12.3. The number of carbonyl (C=O) groups excluding carboxylic acids is 2. The van der Waals surface area contributed by atoms with Gasteiger partial charge in [-0.25, -0.2) is 4.79 Å². The summed E-state index contributed by atoms with van der Waals surface area (Å²) in [6.07, 6.45) is 5.35. The maximum Gasteiger partial charge on any atom is 0.331 e. The Morgan fingerprint density at radius 3 is 2.26 bits per heavy atom. The van der Waals surface area contributed by atoms with Gasteiger partial charge in [-0.3, -0.25) is 14.5 Å². The van der Waals surface area contributed by atoms with Gasteiger partial charge in [0.15, 0.2) is 0 Å². The van der Waals surface area contributed by atoms with Crippen LogP contribution < -0.4 is 5.32 Å². The van der Waals surface area contributed by atoms with E-state index in [0.717, 1.165) is 32.2 Å². The van der Waals surface area contributed by atoms with E-state index in [1.165, 1.54) is 0 Å². The maximum absolute atomic E-state index is 13.5. The molecule has 2 amide bonds. The number of likely N-dealkylation sites (N-methyl/N-ethyl adjacent to an activating group) is 1. The minimum atomic E-state index is -0.992. The van der Waals surface area contributed by atoms with Crippen LogP contribution in [0.4, 0.5) is 0 Å². The standard InChI is InChI=1S/C24H43N3O4/c1-9-17(6)20(14-18(7)24(30)31)26(8)23(29)21(15(2)3)25-22(28)19-12-10-11-13-27(19)16(4)5/h14-17,19-21H,9-13H2,1-8H3,(H,25,28)(H,30,31)/t17-,19?,20+,21-/m0/s1. The summed E-state index contributed by atoms with van der Waals surface area (Å²) in [5.41, 5.74) is 0.213. The molecule has 1 rings (SSSR count). The lowest BCUT2D eigenvalue weighted by atomic mass is 9.93. The Bertz CT molecular complexity index is 659. The van der Waals surface area contributed by atoms with Crippen LogP contribution in [0.25, 0.3) is 0 Å². The van der Waals surface area contributed by atoms with Gasteiger partial charge in [0.1, 0.15) is 6.04 Å². The molecule has 1 heterocycles. The predicted molar refractivity (Wildman–Crippen MR) is 124 cm³/mol. The first-order chi connectivity index (χ1) is 14.4. The number of carboxylic acid groups (broad SMARTS) is 1. The molecule has 0 aromatic carbocycles. The number of rotatable bonds is 10. The molecule has 0 spiro atoms. The van der Waals surface area contributed by atoms with Crippen molar-refractivity contribution in [1.82, 2.24) is 15.1 Å². The van der Waals surface area contributed by atoms with E-state index in [4.69, 9.17) is 0 Å². The SMILES string of the molecule is CC[C@H](C)[C@@H](C=C(C)C(=O)O)N(C)C(=O)[C@@H](NC(=O)C1CCCCN1C(C)C)C(C)C. The van der Waals surface area contributed by atoms with Gasteiger partial charge in [-0.1, -0.05) is 46.6 Å². The first-order valence-electron chi connectivity index (χ1n) is 11.7. The van der Waals surface area contributed by atoms with E-state index in [-0.39, 0.29) is 47.3 Å². The van der Waals surface area contributed by atoms with Crippen molar-refractivity contribution in [3.8, 4) is 0 Å². The molecule has 0 radical (unpaired) electrons. The molecule has 0 saturated carbocycles. The molecular formula is C24H43N3O4. The third kappa shape index (κ3) is 7.34. The third-order valence-corrected chi connectivity index (χ3v) is 6.52.